The Hall–Kier alpha value is -1.42. The van der Waals surface area contributed by atoms with Gasteiger partial charge in [-0.2, -0.15) is 0 Å². The van der Waals surface area contributed by atoms with Gasteiger partial charge in [0.15, 0.2) is 0 Å². The minimum absolute atomic E-state index is 0.00750. The highest BCUT2D eigenvalue weighted by Crippen LogP contribution is 2.46. The topological polar surface area (TPSA) is 55.1 Å². The van der Waals surface area contributed by atoms with Crippen molar-refractivity contribution in [3.8, 4) is 0 Å². The molecular weight excluding hydrogens is 255 g/mol. The zero-order chi connectivity index (χ0) is 14.2. The van der Waals surface area contributed by atoms with Crippen molar-refractivity contribution in [1.29, 1.82) is 0 Å². The summed E-state index contributed by atoms with van der Waals surface area (Å²) in [6, 6.07) is 6.86. The Bertz CT molecular complexity index is 513. The summed E-state index contributed by atoms with van der Waals surface area (Å²) < 4.78 is 13.9. The molecular formula is C16H21FN2O. The molecule has 2 atom stereocenters. The number of hydrogen-bond acceptors (Lipinski definition) is 2. The van der Waals surface area contributed by atoms with Gasteiger partial charge in [-0.3, -0.25) is 4.79 Å². The summed E-state index contributed by atoms with van der Waals surface area (Å²) in [6.45, 7) is 0. The van der Waals surface area contributed by atoms with E-state index < -0.39 is 5.54 Å². The van der Waals surface area contributed by atoms with E-state index in [1.807, 2.05) is 6.07 Å². The zero-order valence-corrected chi connectivity index (χ0v) is 11.6. The first-order valence-electron chi connectivity index (χ1n) is 7.42. The van der Waals surface area contributed by atoms with E-state index in [1.54, 1.807) is 12.1 Å². The lowest BCUT2D eigenvalue weighted by Gasteiger charge is -2.21. The average molecular weight is 276 g/mol. The van der Waals surface area contributed by atoms with E-state index in [0.29, 0.717) is 12.0 Å². The highest BCUT2D eigenvalue weighted by Gasteiger charge is 2.47. The van der Waals surface area contributed by atoms with E-state index in [1.165, 1.54) is 6.07 Å². The molecule has 20 heavy (non-hydrogen) atoms. The van der Waals surface area contributed by atoms with E-state index >= 15 is 0 Å². The molecule has 0 unspecified atom stereocenters. The maximum absolute atomic E-state index is 13.9. The highest BCUT2D eigenvalue weighted by atomic mass is 19.1. The summed E-state index contributed by atoms with van der Waals surface area (Å²) in [7, 11) is 0. The van der Waals surface area contributed by atoms with Crippen LogP contribution >= 0.6 is 0 Å². The zero-order valence-electron chi connectivity index (χ0n) is 11.6. The molecule has 3 rings (SSSR count). The Labute approximate surface area is 118 Å². The van der Waals surface area contributed by atoms with Gasteiger partial charge in [0.2, 0.25) is 5.91 Å². The lowest BCUT2D eigenvalue weighted by atomic mass is 9.98. The Balaban J connectivity index is 1.65. The largest absolute Gasteiger partial charge is 0.346 e. The minimum atomic E-state index is -0.467. The third-order valence-electron chi connectivity index (χ3n) is 4.68. The van der Waals surface area contributed by atoms with Crippen molar-refractivity contribution in [1.82, 2.24) is 5.32 Å². The van der Waals surface area contributed by atoms with Gasteiger partial charge in [-0.05, 0) is 37.7 Å². The molecule has 2 fully saturated rings. The van der Waals surface area contributed by atoms with Crippen LogP contribution in [-0.2, 0) is 10.3 Å². The summed E-state index contributed by atoms with van der Waals surface area (Å²) in [4.78, 5) is 12.2. The van der Waals surface area contributed by atoms with Gasteiger partial charge in [0, 0.05) is 18.0 Å². The molecule has 0 saturated heterocycles. The molecule has 0 bridgehead atoms. The molecule has 0 radical (unpaired) electrons. The third-order valence-corrected chi connectivity index (χ3v) is 4.68. The summed E-state index contributed by atoms with van der Waals surface area (Å²) in [5.74, 6) is 0.0578. The Morgan fingerprint density at radius 1 is 1.35 bits per heavy atom. The van der Waals surface area contributed by atoms with E-state index in [2.05, 4.69) is 5.32 Å². The van der Waals surface area contributed by atoms with Crippen LogP contribution in [0.4, 0.5) is 4.39 Å². The first kappa shape index (κ1) is 13.6. The lowest BCUT2D eigenvalue weighted by Crippen LogP contribution is -2.38. The predicted molar refractivity (Wildman–Crippen MR) is 75.4 cm³/mol. The lowest BCUT2D eigenvalue weighted by molar-refractivity contribution is -0.123. The fraction of sp³-hybridized carbons (Fsp3) is 0.562. The number of rotatable bonds is 4. The summed E-state index contributed by atoms with van der Waals surface area (Å²) >= 11 is 0. The number of nitrogens with two attached hydrogens (primary N) is 1. The molecule has 0 aromatic heterocycles. The minimum Gasteiger partial charge on any atom is -0.346 e. The standard InChI is InChI=1S/C16H21FN2O/c17-13-6-2-1-5-12(13)16(8-9-16)19-15(20)10-11-4-3-7-14(11)18/h1-2,5-6,11,14H,3-4,7-10,18H2,(H,19,20)/t11-,14+/m0/s1. The number of carbonyl (C=O) groups is 1. The quantitative estimate of drug-likeness (QED) is 0.887. The van der Waals surface area contributed by atoms with Gasteiger partial charge in [-0.1, -0.05) is 24.6 Å². The fourth-order valence-corrected chi connectivity index (χ4v) is 3.31. The predicted octanol–water partition coefficient (Wildman–Crippen LogP) is 2.45. The number of carbonyl (C=O) groups excluding carboxylic acids is 1. The Morgan fingerprint density at radius 2 is 2.10 bits per heavy atom. The van der Waals surface area contributed by atoms with Crippen molar-refractivity contribution < 1.29 is 9.18 Å². The number of halogens is 1. The molecule has 1 amide bonds. The summed E-state index contributed by atoms with van der Waals surface area (Å²) in [6.07, 6.45) is 5.25. The van der Waals surface area contributed by atoms with Crippen molar-refractivity contribution in [2.24, 2.45) is 11.7 Å². The maximum Gasteiger partial charge on any atom is 0.221 e. The van der Waals surface area contributed by atoms with Crippen LogP contribution in [0.3, 0.4) is 0 Å². The first-order chi connectivity index (χ1) is 9.61. The van der Waals surface area contributed by atoms with Crippen molar-refractivity contribution in [2.45, 2.75) is 50.1 Å². The number of amides is 1. The van der Waals surface area contributed by atoms with Crippen LogP contribution in [0.15, 0.2) is 24.3 Å². The molecule has 3 N–H and O–H groups in total. The molecule has 2 aliphatic carbocycles. The van der Waals surface area contributed by atoms with E-state index in [-0.39, 0.29) is 23.7 Å². The van der Waals surface area contributed by atoms with Crippen LogP contribution in [0.2, 0.25) is 0 Å². The highest BCUT2D eigenvalue weighted by molar-refractivity contribution is 5.78. The molecule has 2 saturated carbocycles. The van der Waals surface area contributed by atoms with Gasteiger partial charge < -0.3 is 11.1 Å². The van der Waals surface area contributed by atoms with Gasteiger partial charge in [0.05, 0.1) is 5.54 Å². The Kier molecular flexibility index (Phi) is 3.50. The summed E-state index contributed by atoms with van der Waals surface area (Å²) in [5, 5.41) is 3.04. The van der Waals surface area contributed by atoms with Gasteiger partial charge >= 0.3 is 0 Å². The molecule has 0 spiro atoms. The van der Waals surface area contributed by atoms with Crippen molar-refractivity contribution >= 4 is 5.91 Å². The third kappa shape index (κ3) is 2.57. The molecule has 108 valence electrons. The van der Waals surface area contributed by atoms with Crippen LogP contribution < -0.4 is 11.1 Å². The number of benzene rings is 1. The van der Waals surface area contributed by atoms with E-state index in [4.69, 9.17) is 5.73 Å². The average Bonchev–Trinajstić information content (AvgIpc) is 3.08. The van der Waals surface area contributed by atoms with Crippen LogP contribution in [0.5, 0.6) is 0 Å². The molecule has 0 aliphatic heterocycles. The molecule has 4 heteroatoms. The van der Waals surface area contributed by atoms with Gasteiger partial charge in [-0.15, -0.1) is 0 Å². The molecule has 0 heterocycles. The number of hydrogen-bond donors (Lipinski definition) is 2. The van der Waals surface area contributed by atoms with Crippen molar-refractivity contribution in [2.75, 3.05) is 0 Å². The monoisotopic (exact) mass is 276 g/mol. The van der Waals surface area contributed by atoms with Gasteiger partial charge in [-0.25, -0.2) is 4.39 Å². The van der Waals surface area contributed by atoms with Gasteiger partial charge in [0.25, 0.3) is 0 Å². The normalized spacial score (nSPS) is 27.3. The van der Waals surface area contributed by atoms with Crippen LogP contribution in [0.1, 0.15) is 44.1 Å². The summed E-state index contributed by atoms with van der Waals surface area (Å²) in [5.41, 5.74) is 6.15. The maximum atomic E-state index is 13.9. The van der Waals surface area contributed by atoms with Crippen LogP contribution in [0.25, 0.3) is 0 Å². The van der Waals surface area contributed by atoms with Gasteiger partial charge in [0.1, 0.15) is 5.82 Å². The molecule has 3 nitrogen and oxygen atoms in total. The molecule has 1 aromatic carbocycles. The number of nitrogens with one attached hydrogen (secondary N) is 1. The fourth-order valence-electron chi connectivity index (χ4n) is 3.31. The Morgan fingerprint density at radius 3 is 2.70 bits per heavy atom. The second-order valence-electron chi connectivity index (χ2n) is 6.17. The van der Waals surface area contributed by atoms with E-state index in [0.717, 1.165) is 32.1 Å². The molecule has 2 aliphatic rings. The van der Waals surface area contributed by atoms with Crippen molar-refractivity contribution in [3.63, 3.8) is 0 Å². The first-order valence-corrected chi connectivity index (χ1v) is 7.42. The SMILES string of the molecule is N[C@@H]1CCC[C@H]1CC(=O)NC1(c2ccccc2F)CC1. The smallest absolute Gasteiger partial charge is 0.221 e. The second-order valence-corrected chi connectivity index (χ2v) is 6.17. The van der Waals surface area contributed by atoms with E-state index in [9.17, 15) is 9.18 Å². The van der Waals surface area contributed by atoms with Crippen LogP contribution in [-0.4, -0.2) is 11.9 Å². The van der Waals surface area contributed by atoms with Crippen LogP contribution in [0, 0.1) is 11.7 Å². The van der Waals surface area contributed by atoms with Crippen molar-refractivity contribution in [3.05, 3.63) is 35.6 Å². The molecule has 1 aromatic rings. The second kappa shape index (κ2) is 5.17.